The molecule has 2 aliphatic rings. The fraction of sp³-hybridized carbons (Fsp3) is 0.412. The van der Waals surface area contributed by atoms with Gasteiger partial charge in [-0.1, -0.05) is 6.07 Å². The molecule has 0 radical (unpaired) electrons. The van der Waals surface area contributed by atoms with Crippen molar-refractivity contribution in [3.05, 3.63) is 41.8 Å². The average Bonchev–Trinajstić information content (AvgIpc) is 2.71. The monoisotopic (exact) mass is 333 g/mol. The maximum absolute atomic E-state index is 14.3. The van der Waals surface area contributed by atoms with Gasteiger partial charge in [-0.05, 0) is 37.8 Å². The maximum Gasteiger partial charge on any atom is 0.168 e. The molecule has 2 fully saturated rings. The van der Waals surface area contributed by atoms with Crippen molar-refractivity contribution in [1.82, 2.24) is 4.98 Å². The topological polar surface area (TPSA) is 64.1 Å². The maximum atomic E-state index is 14.3. The predicted octanol–water partition coefficient (Wildman–Crippen LogP) is 2.91. The summed E-state index contributed by atoms with van der Waals surface area (Å²) in [7, 11) is -3.08. The van der Waals surface area contributed by atoms with E-state index in [0.717, 1.165) is 0 Å². The molecular weight excluding hydrogens is 317 g/mol. The number of hydrogen-bond donors (Lipinski definition) is 0. The third kappa shape index (κ3) is 2.27. The lowest BCUT2D eigenvalue weighted by Gasteiger charge is -2.27. The average molecular weight is 333 g/mol. The van der Waals surface area contributed by atoms with Gasteiger partial charge in [0.15, 0.2) is 15.6 Å². The van der Waals surface area contributed by atoms with Gasteiger partial charge in [0.25, 0.3) is 0 Å². The zero-order chi connectivity index (χ0) is 16.2. The smallest absolute Gasteiger partial charge is 0.168 e. The number of carbonyl (C=O) groups is 1. The lowest BCUT2D eigenvalue weighted by molar-refractivity contribution is 0.0901. The zero-order valence-corrected chi connectivity index (χ0v) is 13.2. The molecule has 2 aliphatic heterocycles. The largest absolute Gasteiger partial charge is 0.294 e. The van der Waals surface area contributed by atoms with Crippen LogP contribution in [-0.2, 0) is 9.84 Å². The first kappa shape index (κ1) is 14.8. The number of Topliss-reactive ketones (excluding diaryl/α,β-unsaturated/α-hetero) is 1. The van der Waals surface area contributed by atoms with E-state index in [9.17, 15) is 17.6 Å². The van der Waals surface area contributed by atoms with Crippen molar-refractivity contribution in [2.24, 2.45) is 5.92 Å². The van der Waals surface area contributed by atoms with E-state index in [2.05, 4.69) is 4.98 Å². The van der Waals surface area contributed by atoms with E-state index in [1.54, 1.807) is 18.3 Å². The van der Waals surface area contributed by atoms with Crippen molar-refractivity contribution >= 4 is 26.5 Å². The molecule has 120 valence electrons. The highest BCUT2D eigenvalue weighted by Gasteiger charge is 2.48. The Labute approximate surface area is 133 Å². The standard InChI is InChI=1S/C17H16FNO3S/c18-15-9-16-10(2-1-5-19-16)8-14(15)17(20)11-6-12-3-4-13(7-11)23(12,21)22/h1-2,5,8-9,11-13H,3-4,6-7H2. The fourth-order valence-electron chi connectivity index (χ4n) is 3.92. The van der Waals surface area contributed by atoms with E-state index in [-0.39, 0.29) is 11.3 Å². The molecule has 1 aromatic carbocycles. The van der Waals surface area contributed by atoms with Gasteiger partial charge in [0, 0.05) is 23.6 Å². The van der Waals surface area contributed by atoms with Crippen LogP contribution in [-0.4, -0.2) is 29.7 Å². The number of hydrogen-bond acceptors (Lipinski definition) is 4. The van der Waals surface area contributed by atoms with Crippen LogP contribution < -0.4 is 0 Å². The Kier molecular flexibility index (Phi) is 3.27. The van der Waals surface area contributed by atoms with E-state index >= 15 is 0 Å². The van der Waals surface area contributed by atoms with Crippen LogP contribution in [0.1, 0.15) is 36.0 Å². The molecule has 1 aromatic heterocycles. The Bertz CT molecular complexity index is 889. The van der Waals surface area contributed by atoms with Crippen molar-refractivity contribution in [2.75, 3.05) is 0 Å². The molecule has 4 nitrogen and oxygen atoms in total. The molecule has 2 bridgehead atoms. The van der Waals surface area contributed by atoms with Crippen molar-refractivity contribution < 1.29 is 17.6 Å². The second kappa shape index (κ2) is 5.09. The Morgan fingerprint density at radius 1 is 1.17 bits per heavy atom. The van der Waals surface area contributed by atoms with E-state index in [4.69, 9.17) is 0 Å². The van der Waals surface area contributed by atoms with Gasteiger partial charge in [-0.3, -0.25) is 9.78 Å². The van der Waals surface area contributed by atoms with Crippen LogP contribution in [0, 0.1) is 11.7 Å². The summed E-state index contributed by atoms with van der Waals surface area (Å²) < 4.78 is 38.6. The highest BCUT2D eigenvalue weighted by Crippen LogP contribution is 2.42. The Hall–Kier alpha value is -1.82. The summed E-state index contributed by atoms with van der Waals surface area (Å²) in [5, 5.41) is -0.149. The Morgan fingerprint density at radius 3 is 2.57 bits per heavy atom. The van der Waals surface area contributed by atoms with Crippen LogP contribution in [0.15, 0.2) is 30.5 Å². The van der Waals surface area contributed by atoms with Crippen LogP contribution in [0.2, 0.25) is 0 Å². The predicted molar refractivity (Wildman–Crippen MR) is 84.5 cm³/mol. The minimum Gasteiger partial charge on any atom is -0.294 e. The SMILES string of the molecule is O=C(c1cc2cccnc2cc1F)C1CC2CCC(C1)S2(=O)=O. The summed E-state index contributed by atoms with van der Waals surface area (Å²) in [6.45, 7) is 0. The van der Waals surface area contributed by atoms with E-state index in [0.29, 0.717) is 36.6 Å². The van der Waals surface area contributed by atoms with Crippen LogP contribution >= 0.6 is 0 Å². The molecule has 0 saturated carbocycles. The molecule has 0 spiro atoms. The quantitative estimate of drug-likeness (QED) is 0.793. The van der Waals surface area contributed by atoms with Crippen LogP contribution in [0.25, 0.3) is 10.9 Å². The van der Waals surface area contributed by atoms with Gasteiger partial charge in [-0.15, -0.1) is 0 Å². The van der Waals surface area contributed by atoms with Crippen LogP contribution in [0.3, 0.4) is 0 Å². The number of aromatic nitrogens is 1. The number of pyridine rings is 1. The van der Waals surface area contributed by atoms with Crippen LogP contribution in [0.4, 0.5) is 4.39 Å². The molecule has 23 heavy (non-hydrogen) atoms. The van der Waals surface area contributed by atoms with Gasteiger partial charge in [0.1, 0.15) is 5.82 Å². The second-order valence-electron chi connectivity index (χ2n) is 6.47. The number of fused-ring (bicyclic) bond motifs is 3. The number of rotatable bonds is 2. The number of ketones is 1. The first-order valence-corrected chi connectivity index (χ1v) is 9.39. The normalized spacial score (nSPS) is 28.8. The number of nitrogens with zero attached hydrogens (tertiary/aromatic N) is 1. The third-order valence-electron chi connectivity index (χ3n) is 5.16. The summed E-state index contributed by atoms with van der Waals surface area (Å²) in [6, 6.07) is 6.33. The van der Waals surface area contributed by atoms with Gasteiger partial charge in [-0.2, -0.15) is 0 Å². The van der Waals surface area contributed by atoms with E-state index in [1.165, 1.54) is 12.1 Å². The van der Waals surface area contributed by atoms with E-state index < -0.39 is 32.1 Å². The molecule has 0 amide bonds. The minimum absolute atomic E-state index is 0.0502. The number of benzene rings is 1. The third-order valence-corrected chi connectivity index (χ3v) is 7.88. The molecule has 0 aliphatic carbocycles. The van der Waals surface area contributed by atoms with Crippen molar-refractivity contribution in [3.8, 4) is 0 Å². The lowest BCUT2D eigenvalue weighted by atomic mass is 9.89. The molecule has 2 atom stereocenters. The lowest BCUT2D eigenvalue weighted by Crippen LogP contribution is -2.36. The number of carbonyl (C=O) groups excluding carboxylic acids is 1. The van der Waals surface area contributed by atoms with Gasteiger partial charge in [0.2, 0.25) is 0 Å². The minimum atomic E-state index is -3.08. The number of sulfone groups is 1. The Balaban J connectivity index is 1.69. The number of halogens is 1. The van der Waals surface area contributed by atoms with Crippen LogP contribution in [0.5, 0.6) is 0 Å². The van der Waals surface area contributed by atoms with Gasteiger partial charge < -0.3 is 0 Å². The van der Waals surface area contributed by atoms with Crippen molar-refractivity contribution in [2.45, 2.75) is 36.2 Å². The first-order valence-electron chi connectivity index (χ1n) is 7.78. The highest BCUT2D eigenvalue weighted by atomic mass is 32.2. The summed E-state index contributed by atoms with van der Waals surface area (Å²) in [6.07, 6.45) is 3.47. The molecule has 3 heterocycles. The molecule has 2 saturated heterocycles. The van der Waals surface area contributed by atoms with Gasteiger partial charge in [-0.25, -0.2) is 12.8 Å². The van der Waals surface area contributed by atoms with Gasteiger partial charge in [0.05, 0.1) is 21.6 Å². The molecule has 4 rings (SSSR count). The van der Waals surface area contributed by atoms with Crippen molar-refractivity contribution in [1.29, 1.82) is 0 Å². The molecular formula is C17H16FNO3S. The first-order chi connectivity index (χ1) is 11.0. The second-order valence-corrected chi connectivity index (χ2v) is 8.98. The zero-order valence-electron chi connectivity index (χ0n) is 12.4. The fourth-order valence-corrected chi connectivity index (χ4v) is 6.40. The summed E-state index contributed by atoms with van der Waals surface area (Å²) in [5.74, 6) is -1.26. The van der Waals surface area contributed by atoms with E-state index in [1.807, 2.05) is 0 Å². The highest BCUT2D eigenvalue weighted by molar-refractivity contribution is 7.93. The molecule has 2 aromatic rings. The summed E-state index contributed by atoms with van der Waals surface area (Å²) in [5.41, 5.74) is 0.557. The Morgan fingerprint density at radius 2 is 1.87 bits per heavy atom. The molecule has 0 N–H and O–H groups in total. The molecule has 6 heteroatoms. The molecule has 2 unspecified atom stereocenters. The van der Waals surface area contributed by atoms with Gasteiger partial charge >= 0.3 is 0 Å². The van der Waals surface area contributed by atoms with Crippen molar-refractivity contribution in [3.63, 3.8) is 0 Å². The summed E-state index contributed by atoms with van der Waals surface area (Å²) >= 11 is 0. The summed E-state index contributed by atoms with van der Waals surface area (Å²) in [4.78, 5) is 16.8.